The summed E-state index contributed by atoms with van der Waals surface area (Å²) in [6.45, 7) is 4.41. The van der Waals surface area contributed by atoms with Crippen LogP contribution in [-0.4, -0.2) is 34.9 Å². The van der Waals surface area contributed by atoms with Crippen LogP contribution in [0.2, 0.25) is 0 Å². The third-order valence-corrected chi connectivity index (χ3v) is 15.3. The summed E-state index contributed by atoms with van der Waals surface area (Å²) in [6.07, 6.45) is 79.5. The van der Waals surface area contributed by atoms with E-state index in [-0.39, 0.29) is 12.5 Å². The number of hydrogen-bond acceptors (Lipinski definition) is 3. The molecular formula is C64H127NO3. The van der Waals surface area contributed by atoms with Crippen LogP contribution in [0.5, 0.6) is 0 Å². The second-order valence-electron chi connectivity index (χ2n) is 22.2. The van der Waals surface area contributed by atoms with Gasteiger partial charge in [0.2, 0.25) is 5.91 Å². The number of carbonyl (C=O) groups is 1. The highest BCUT2D eigenvalue weighted by atomic mass is 16.3. The van der Waals surface area contributed by atoms with Gasteiger partial charge in [-0.15, -0.1) is 0 Å². The first-order valence-corrected chi connectivity index (χ1v) is 31.9. The van der Waals surface area contributed by atoms with E-state index in [1.807, 2.05) is 0 Å². The number of aliphatic hydroxyl groups is 2. The van der Waals surface area contributed by atoms with Gasteiger partial charge in [-0.3, -0.25) is 4.79 Å². The smallest absolute Gasteiger partial charge is 0.220 e. The Kier molecular flexibility index (Phi) is 59.7. The summed E-state index contributed by atoms with van der Waals surface area (Å²) in [5, 5.41) is 23.4. The van der Waals surface area contributed by atoms with Crippen molar-refractivity contribution >= 4 is 5.91 Å². The van der Waals surface area contributed by atoms with Crippen LogP contribution < -0.4 is 5.32 Å². The summed E-state index contributed by atoms with van der Waals surface area (Å²) in [5.74, 6) is -0.0227. The lowest BCUT2D eigenvalue weighted by atomic mass is 10.0. The summed E-state index contributed by atoms with van der Waals surface area (Å²) >= 11 is 0. The molecule has 0 aromatic carbocycles. The van der Waals surface area contributed by atoms with Crippen molar-refractivity contribution in [3.05, 3.63) is 12.2 Å². The molecule has 0 aliphatic rings. The van der Waals surface area contributed by atoms with Gasteiger partial charge in [0.1, 0.15) is 0 Å². The molecule has 0 radical (unpaired) electrons. The third kappa shape index (κ3) is 56.0. The lowest BCUT2D eigenvalue weighted by Gasteiger charge is -2.22. The van der Waals surface area contributed by atoms with E-state index >= 15 is 0 Å². The molecular weight excluding hydrogens is 831 g/mol. The third-order valence-electron chi connectivity index (χ3n) is 15.3. The van der Waals surface area contributed by atoms with E-state index in [0.29, 0.717) is 12.8 Å². The van der Waals surface area contributed by atoms with E-state index in [4.69, 9.17) is 0 Å². The van der Waals surface area contributed by atoms with E-state index in [1.54, 1.807) is 0 Å². The molecule has 0 aromatic rings. The molecule has 0 heterocycles. The maximum atomic E-state index is 12.5. The minimum Gasteiger partial charge on any atom is -0.394 e. The number of hydrogen-bond donors (Lipinski definition) is 3. The standard InChI is InChI=1S/C64H127NO3/c1-3-5-7-9-11-13-15-17-19-21-23-25-27-29-30-31-32-33-34-36-38-40-42-44-46-48-50-52-54-56-58-60-64(68)65-62(61-66)63(67)59-57-55-53-51-49-47-45-43-41-39-37-35-28-26-24-22-20-18-16-14-12-10-8-6-4-2/h29-30,62-63,66-67H,3-28,31-61H2,1-2H3,(H,65,68)/b30-29-. The number of nitrogens with one attached hydrogen (secondary N) is 1. The van der Waals surface area contributed by atoms with Gasteiger partial charge in [0.15, 0.2) is 0 Å². The molecule has 4 nitrogen and oxygen atoms in total. The Hall–Kier alpha value is -0.870. The van der Waals surface area contributed by atoms with Crippen LogP contribution in [0.4, 0.5) is 0 Å². The van der Waals surface area contributed by atoms with Crippen molar-refractivity contribution in [3.63, 3.8) is 0 Å². The van der Waals surface area contributed by atoms with E-state index in [9.17, 15) is 15.0 Å². The Balaban J connectivity index is 3.39. The number of rotatable bonds is 60. The summed E-state index contributed by atoms with van der Waals surface area (Å²) < 4.78 is 0. The zero-order chi connectivity index (χ0) is 49.2. The zero-order valence-electron chi connectivity index (χ0n) is 46.9. The van der Waals surface area contributed by atoms with Crippen LogP contribution in [0.15, 0.2) is 12.2 Å². The Labute approximate surface area is 428 Å². The van der Waals surface area contributed by atoms with Gasteiger partial charge in [0, 0.05) is 6.42 Å². The fourth-order valence-corrected chi connectivity index (χ4v) is 10.4. The second-order valence-corrected chi connectivity index (χ2v) is 22.2. The molecule has 2 unspecified atom stereocenters. The molecule has 0 fully saturated rings. The van der Waals surface area contributed by atoms with Crippen LogP contribution >= 0.6 is 0 Å². The van der Waals surface area contributed by atoms with E-state index in [0.717, 1.165) is 25.7 Å². The van der Waals surface area contributed by atoms with Crippen LogP contribution in [0.3, 0.4) is 0 Å². The molecule has 1 amide bonds. The first-order chi connectivity index (χ1) is 33.7. The second kappa shape index (κ2) is 60.4. The van der Waals surface area contributed by atoms with Gasteiger partial charge >= 0.3 is 0 Å². The summed E-state index contributed by atoms with van der Waals surface area (Å²) in [6, 6.07) is -0.534. The van der Waals surface area contributed by atoms with E-state index in [1.165, 1.54) is 321 Å². The van der Waals surface area contributed by atoms with Gasteiger partial charge < -0.3 is 15.5 Å². The lowest BCUT2D eigenvalue weighted by molar-refractivity contribution is -0.123. The normalized spacial score (nSPS) is 12.7. The summed E-state index contributed by atoms with van der Waals surface area (Å²) in [4.78, 5) is 12.5. The van der Waals surface area contributed by atoms with Crippen molar-refractivity contribution in [1.29, 1.82) is 0 Å². The Morgan fingerprint density at radius 2 is 0.559 bits per heavy atom. The monoisotopic (exact) mass is 958 g/mol. The van der Waals surface area contributed by atoms with E-state index < -0.39 is 12.1 Å². The number of aliphatic hydroxyl groups excluding tert-OH is 2. The Morgan fingerprint density at radius 1 is 0.338 bits per heavy atom. The lowest BCUT2D eigenvalue weighted by Crippen LogP contribution is -2.45. The predicted octanol–water partition coefficient (Wildman–Crippen LogP) is 21.3. The highest BCUT2D eigenvalue weighted by Crippen LogP contribution is 2.19. The van der Waals surface area contributed by atoms with Crippen LogP contribution in [0, 0.1) is 0 Å². The number of carbonyl (C=O) groups excluding carboxylic acids is 1. The number of amides is 1. The Morgan fingerprint density at radius 3 is 0.809 bits per heavy atom. The Bertz CT molecular complexity index is 952. The molecule has 0 rings (SSSR count). The molecule has 0 aliphatic carbocycles. The van der Waals surface area contributed by atoms with Crippen molar-refractivity contribution in [3.8, 4) is 0 Å². The van der Waals surface area contributed by atoms with Crippen LogP contribution in [0.25, 0.3) is 0 Å². The average Bonchev–Trinajstić information content (AvgIpc) is 3.34. The van der Waals surface area contributed by atoms with Crippen molar-refractivity contribution < 1.29 is 15.0 Å². The fraction of sp³-hybridized carbons (Fsp3) is 0.953. The predicted molar refractivity (Wildman–Crippen MR) is 304 cm³/mol. The van der Waals surface area contributed by atoms with Gasteiger partial charge in [-0.2, -0.15) is 0 Å². The molecule has 0 spiro atoms. The molecule has 4 heteroatoms. The largest absolute Gasteiger partial charge is 0.394 e. The molecule has 68 heavy (non-hydrogen) atoms. The maximum Gasteiger partial charge on any atom is 0.220 e. The molecule has 0 bridgehead atoms. The fourth-order valence-electron chi connectivity index (χ4n) is 10.4. The molecule has 0 aromatic heterocycles. The minimum atomic E-state index is -0.658. The average molecular weight is 959 g/mol. The first-order valence-electron chi connectivity index (χ1n) is 31.9. The number of unbranched alkanes of at least 4 members (excludes halogenated alkanes) is 51. The van der Waals surface area contributed by atoms with Crippen molar-refractivity contribution in [2.45, 2.75) is 386 Å². The maximum absolute atomic E-state index is 12.5. The van der Waals surface area contributed by atoms with Gasteiger partial charge in [-0.25, -0.2) is 0 Å². The van der Waals surface area contributed by atoms with Crippen LogP contribution in [-0.2, 0) is 4.79 Å². The van der Waals surface area contributed by atoms with Gasteiger partial charge in [0.25, 0.3) is 0 Å². The van der Waals surface area contributed by atoms with E-state index in [2.05, 4.69) is 31.3 Å². The SMILES string of the molecule is CCCCCCCCCCCCCC/C=C\CCCCCCCCCCCCCCCCCC(=O)NC(CO)C(O)CCCCCCCCCCCCCCCCCCCCCCCCCCC. The van der Waals surface area contributed by atoms with Crippen molar-refractivity contribution in [2.24, 2.45) is 0 Å². The van der Waals surface area contributed by atoms with Gasteiger partial charge in [-0.05, 0) is 38.5 Å². The molecule has 406 valence electrons. The number of allylic oxidation sites excluding steroid dienone is 2. The molecule has 2 atom stereocenters. The highest BCUT2D eigenvalue weighted by Gasteiger charge is 2.20. The van der Waals surface area contributed by atoms with Crippen molar-refractivity contribution in [2.75, 3.05) is 6.61 Å². The molecule has 0 saturated heterocycles. The summed E-state index contributed by atoms with van der Waals surface area (Å²) in [5.41, 5.74) is 0. The summed E-state index contributed by atoms with van der Waals surface area (Å²) in [7, 11) is 0. The topological polar surface area (TPSA) is 69.6 Å². The highest BCUT2D eigenvalue weighted by molar-refractivity contribution is 5.76. The quantitative estimate of drug-likeness (QED) is 0.0420. The first kappa shape index (κ1) is 67.1. The van der Waals surface area contributed by atoms with Gasteiger partial charge in [0.05, 0.1) is 18.8 Å². The van der Waals surface area contributed by atoms with Crippen LogP contribution in [0.1, 0.15) is 373 Å². The van der Waals surface area contributed by atoms with Crippen molar-refractivity contribution in [1.82, 2.24) is 5.32 Å². The zero-order valence-corrected chi connectivity index (χ0v) is 46.9. The molecule has 0 aliphatic heterocycles. The van der Waals surface area contributed by atoms with Gasteiger partial charge in [-0.1, -0.05) is 341 Å². The minimum absolute atomic E-state index is 0.0227. The molecule has 0 saturated carbocycles. The molecule has 3 N–H and O–H groups in total.